The average Bonchev–Trinajstić information content (AvgIpc) is 2.41. The van der Waals surface area contributed by atoms with E-state index in [-0.39, 0.29) is 5.56 Å². The van der Waals surface area contributed by atoms with Crippen molar-refractivity contribution in [2.75, 3.05) is 12.8 Å². The number of hydrogen-bond donors (Lipinski definition) is 3. The molecule has 0 saturated carbocycles. The molecule has 0 bridgehead atoms. The first-order chi connectivity index (χ1) is 9.35. The van der Waals surface area contributed by atoms with Crippen LogP contribution < -0.4 is 16.4 Å². The highest BCUT2D eigenvalue weighted by atomic mass is 16.5. The second-order valence-electron chi connectivity index (χ2n) is 4.19. The summed E-state index contributed by atoms with van der Waals surface area (Å²) in [5, 5.41) is 4.24. The molecule has 20 heavy (non-hydrogen) atoms. The lowest BCUT2D eigenvalue weighted by atomic mass is 10.1. The van der Waals surface area contributed by atoms with Gasteiger partial charge in [-0.15, -0.1) is 0 Å². The average molecular weight is 279 g/mol. The number of amides is 3. The Morgan fingerprint density at radius 1 is 1.30 bits per heavy atom. The summed E-state index contributed by atoms with van der Waals surface area (Å²) in [6.45, 7) is 3.18. The third-order valence-electron chi connectivity index (χ3n) is 2.63. The molecule has 3 amide bonds. The van der Waals surface area contributed by atoms with Gasteiger partial charge in [0.1, 0.15) is 0 Å². The molecule has 0 heterocycles. The Balaban J connectivity index is 2.67. The molecule has 0 aliphatic heterocycles. The number of aryl methyl sites for hydroxylation is 1. The third-order valence-corrected chi connectivity index (χ3v) is 2.63. The monoisotopic (exact) mass is 279 g/mol. The SMILES string of the molecule is CNC(=O)NC(=O)C(C)OC(=O)c1ccc(C)c(N)c1. The zero-order chi connectivity index (χ0) is 15.3. The molecule has 1 aromatic rings. The first-order valence-corrected chi connectivity index (χ1v) is 5.94. The Labute approximate surface area is 116 Å². The fourth-order valence-corrected chi connectivity index (χ4v) is 1.33. The Morgan fingerprint density at radius 3 is 2.50 bits per heavy atom. The number of benzene rings is 1. The molecule has 1 unspecified atom stereocenters. The van der Waals surface area contributed by atoms with E-state index in [4.69, 9.17) is 10.5 Å². The zero-order valence-electron chi connectivity index (χ0n) is 11.5. The van der Waals surface area contributed by atoms with Gasteiger partial charge < -0.3 is 15.8 Å². The van der Waals surface area contributed by atoms with Gasteiger partial charge in [0.05, 0.1) is 5.56 Å². The topological polar surface area (TPSA) is 111 Å². The number of carbonyl (C=O) groups is 3. The van der Waals surface area contributed by atoms with Gasteiger partial charge in [-0.3, -0.25) is 10.1 Å². The molecule has 108 valence electrons. The van der Waals surface area contributed by atoms with Crippen molar-refractivity contribution >= 4 is 23.6 Å². The van der Waals surface area contributed by atoms with E-state index in [1.807, 2.05) is 12.2 Å². The van der Waals surface area contributed by atoms with Crippen LogP contribution in [0.25, 0.3) is 0 Å². The van der Waals surface area contributed by atoms with Gasteiger partial charge in [-0.25, -0.2) is 9.59 Å². The molecule has 0 spiro atoms. The van der Waals surface area contributed by atoms with Crippen LogP contribution in [0.2, 0.25) is 0 Å². The number of nitrogen functional groups attached to an aromatic ring is 1. The van der Waals surface area contributed by atoms with E-state index in [9.17, 15) is 14.4 Å². The Kier molecular flexibility index (Phi) is 5.08. The van der Waals surface area contributed by atoms with Gasteiger partial charge in [0.25, 0.3) is 5.91 Å². The normalized spacial score (nSPS) is 11.3. The smallest absolute Gasteiger partial charge is 0.338 e. The number of urea groups is 1. The number of carbonyl (C=O) groups excluding carboxylic acids is 3. The Bertz CT molecular complexity index is 542. The predicted octanol–water partition coefficient (Wildman–Crippen LogP) is 0.578. The van der Waals surface area contributed by atoms with Crippen molar-refractivity contribution < 1.29 is 19.1 Å². The van der Waals surface area contributed by atoms with Crippen LogP contribution in [-0.2, 0) is 9.53 Å². The fraction of sp³-hybridized carbons (Fsp3) is 0.308. The quantitative estimate of drug-likeness (QED) is 0.553. The van der Waals surface area contributed by atoms with Crippen LogP contribution in [0.15, 0.2) is 18.2 Å². The molecule has 0 fully saturated rings. The second kappa shape index (κ2) is 6.55. The minimum Gasteiger partial charge on any atom is -0.449 e. The summed E-state index contributed by atoms with van der Waals surface area (Å²) in [4.78, 5) is 34.3. The number of imide groups is 1. The molecular weight excluding hydrogens is 262 g/mol. The van der Waals surface area contributed by atoms with Crippen LogP contribution in [0.5, 0.6) is 0 Å². The summed E-state index contributed by atoms with van der Waals surface area (Å²) < 4.78 is 4.95. The molecule has 7 heteroatoms. The lowest BCUT2D eigenvalue weighted by Gasteiger charge is -2.13. The van der Waals surface area contributed by atoms with Gasteiger partial charge in [-0.1, -0.05) is 6.07 Å². The van der Waals surface area contributed by atoms with Crippen molar-refractivity contribution in [3.8, 4) is 0 Å². The van der Waals surface area contributed by atoms with Crippen LogP contribution in [0.3, 0.4) is 0 Å². The van der Waals surface area contributed by atoms with E-state index in [0.29, 0.717) is 5.69 Å². The molecule has 1 rings (SSSR count). The molecule has 0 radical (unpaired) electrons. The number of hydrogen-bond acceptors (Lipinski definition) is 5. The number of anilines is 1. The molecule has 4 N–H and O–H groups in total. The van der Waals surface area contributed by atoms with Crippen LogP contribution in [0, 0.1) is 6.92 Å². The van der Waals surface area contributed by atoms with Crippen molar-refractivity contribution in [1.29, 1.82) is 0 Å². The number of nitrogens with two attached hydrogens (primary N) is 1. The summed E-state index contributed by atoms with van der Waals surface area (Å²) >= 11 is 0. The highest BCUT2D eigenvalue weighted by Crippen LogP contribution is 2.14. The number of nitrogens with one attached hydrogen (secondary N) is 2. The lowest BCUT2D eigenvalue weighted by molar-refractivity contribution is -0.127. The summed E-state index contributed by atoms with van der Waals surface area (Å²) in [6, 6.07) is 4.04. The Morgan fingerprint density at radius 2 is 1.95 bits per heavy atom. The maximum absolute atomic E-state index is 11.8. The highest BCUT2D eigenvalue weighted by Gasteiger charge is 2.20. The van der Waals surface area contributed by atoms with Crippen molar-refractivity contribution in [3.63, 3.8) is 0 Å². The molecule has 1 atom stereocenters. The molecule has 0 saturated heterocycles. The van der Waals surface area contributed by atoms with Gasteiger partial charge in [-0.2, -0.15) is 0 Å². The second-order valence-corrected chi connectivity index (χ2v) is 4.19. The fourth-order valence-electron chi connectivity index (χ4n) is 1.33. The maximum atomic E-state index is 11.8. The minimum atomic E-state index is -1.10. The summed E-state index contributed by atoms with van der Waals surface area (Å²) in [5.74, 6) is -1.39. The largest absolute Gasteiger partial charge is 0.449 e. The first kappa shape index (κ1) is 15.5. The molecule has 7 nitrogen and oxygen atoms in total. The molecule has 0 aromatic heterocycles. The van der Waals surface area contributed by atoms with Crippen LogP contribution in [0.1, 0.15) is 22.8 Å². The first-order valence-electron chi connectivity index (χ1n) is 5.94. The van der Waals surface area contributed by atoms with Gasteiger partial charge in [-0.05, 0) is 31.5 Å². The number of ether oxygens (including phenoxy) is 1. The summed E-state index contributed by atoms with van der Waals surface area (Å²) in [7, 11) is 1.37. The molecule has 0 aliphatic rings. The van der Waals surface area contributed by atoms with E-state index in [2.05, 4.69) is 5.32 Å². The van der Waals surface area contributed by atoms with Crippen LogP contribution in [0.4, 0.5) is 10.5 Å². The Hall–Kier alpha value is -2.57. The van der Waals surface area contributed by atoms with E-state index < -0.39 is 24.0 Å². The van der Waals surface area contributed by atoms with E-state index in [0.717, 1.165) is 5.56 Å². The maximum Gasteiger partial charge on any atom is 0.338 e. The van der Waals surface area contributed by atoms with Crippen LogP contribution >= 0.6 is 0 Å². The predicted molar refractivity (Wildman–Crippen MR) is 73.1 cm³/mol. The number of rotatable bonds is 3. The zero-order valence-corrected chi connectivity index (χ0v) is 11.5. The molecule has 1 aromatic carbocycles. The molecular formula is C13H17N3O4. The standard InChI is InChI=1S/C13H17N3O4/c1-7-4-5-9(6-10(7)14)12(18)20-8(2)11(17)16-13(19)15-3/h4-6,8H,14H2,1-3H3,(H2,15,16,17,19). The van der Waals surface area contributed by atoms with E-state index in [1.165, 1.54) is 20.0 Å². The molecule has 0 aliphatic carbocycles. The van der Waals surface area contributed by atoms with Crippen LogP contribution in [-0.4, -0.2) is 31.1 Å². The highest BCUT2D eigenvalue weighted by molar-refractivity contribution is 5.98. The summed E-state index contributed by atoms with van der Waals surface area (Å²) in [5.41, 5.74) is 7.24. The van der Waals surface area contributed by atoms with Gasteiger partial charge in [0.15, 0.2) is 6.10 Å². The van der Waals surface area contributed by atoms with Crippen molar-refractivity contribution in [2.24, 2.45) is 0 Å². The van der Waals surface area contributed by atoms with Crippen molar-refractivity contribution in [2.45, 2.75) is 20.0 Å². The third kappa shape index (κ3) is 3.98. The summed E-state index contributed by atoms with van der Waals surface area (Å²) in [6.07, 6.45) is -1.10. The minimum absolute atomic E-state index is 0.243. The van der Waals surface area contributed by atoms with Crippen molar-refractivity contribution in [3.05, 3.63) is 29.3 Å². The lowest BCUT2D eigenvalue weighted by Crippen LogP contribution is -2.43. The van der Waals surface area contributed by atoms with Gasteiger partial charge >= 0.3 is 12.0 Å². The number of esters is 1. The van der Waals surface area contributed by atoms with Gasteiger partial charge in [0.2, 0.25) is 0 Å². The van der Waals surface area contributed by atoms with Crippen molar-refractivity contribution in [1.82, 2.24) is 10.6 Å². The van der Waals surface area contributed by atoms with E-state index in [1.54, 1.807) is 12.1 Å². The van der Waals surface area contributed by atoms with Gasteiger partial charge in [0, 0.05) is 12.7 Å². The van der Waals surface area contributed by atoms with E-state index >= 15 is 0 Å².